The van der Waals surface area contributed by atoms with Crippen molar-refractivity contribution >= 4 is 23.5 Å². The number of non-ortho nitro benzene ring substituents is 1. The lowest BCUT2D eigenvalue weighted by atomic mass is 10.1. The second-order valence-corrected chi connectivity index (χ2v) is 3.78. The fraction of sp³-hybridized carbons (Fsp3) is 0.250. The number of hydrogen-bond acceptors (Lipinski definition) is 7. The second-order valence-electron chi connectivity index (χ2n) is 3.78. The van der Waals surface area contributed by atoms with Gasteiger partial charge >= 0.3 is 11.9 Å². The van der Waals surface area contributed by atoms with Gasteiger partial charge in [-0.3, -0.25) is 19.7 Å². The van der Waals surface area contributed by atoms with Gasteiger partial charge in [-0.2, -0.15) is 0 Å². The topological polar surface area (TPSA) is 125 Å². The molecule has 0 saturated carbocycles. The number of nitrogens with one attached hydrogen (secondary N) is 1. The number of benzene rings is 1. The summed E-state index contributed by atoms with van der Waals surface area (Å²) in [6, 6.07) is 3.10. The van der Waals surface area contributed by atoms with Crippen LogP contribution in [-0.2, 0) is 14.3 Å². The van der Waals surface area contributed by atoms with Crippen molar-refractivity contribution in [3.05, 3.63) is 39.4 Å². The Morgan fingerprint density at radius 2 is 1.76 bits per heavy atom. The summed E-state index contributed by atoms with van der Waals surface area (Å²) in [4.78, 5) is 44.2. The number of carbonyl (C=O) groups excluding carboxylic acids is 3. The monoisotopic (exact) mass is 296 g/mol. The molecule has 1 rings (SSSR count). The first kappa shape index (κ1) is 16.1. The Labute approximate surface area is 119 Å². The molecule has 0 spiro atoms. The Morgan fingerprint density at radius 1 is 1.14 bits per heavy atom. The first-order valence-electron chi connectivity index (χ1n) is 5.62. The van der Waals surface area contributed by atoms with E-state index in [-0.39, 0.29) is 11.1 Å². The van der Waals surface area contributed by atoms with Crippen LogP contribution in [0.15, 0.2) is 18.2 Å². The molecule has 0 aromatic heterocycles. The predicted octanol–water partition coefficient (Wildman–Crippen LogP) is 0.284. The van der Waals surface area contributed by atoms with E-state index in [9.17, 15) is 24.5 Å². The van der Waals surface area contributed by atoms with Crippen LogP contribution < -0.4 is 5.32 Å². The van der Waals surface area contributed by atoms with Crippen molar-refractivity contribution in [2.24, 2.45) is 0 Å². The minimum absolute atomic E-state index is 0.144. The maximum atomic E-state index is 11.8. The number of rotatable bonds is 5. The highest BCUT2D eigenvalue weighted by atomic mass is 16.6. The third-order valence-electron chi connectivity index (χ3n) is 2.43. The van der Waals surface area contributed by atoms with Crippen LogP contribution in [-0.4, -0.2) is 43.5 Å². The highest BCUT2D eigenvalue weighted by Crippen LogP contribution is 2.18. The minimum atomic E-state index is -0.819. The third-order valence-corrected chi connectivity index (χ3v) is 2.43. The van der Waals surface area contributed by atoms with Gasteiger partial charge in [-0.15, -0.1) is 0 Å². The molecule has 0 heterocycles. The standard InChI is InChI=1S/C12H12N2O7/c1-20-10(15)6-13-11(16)7-3-8(12(17)21-2)5-9(4-7)14(18)19/h3-5H,6H2,1-2H3,(H,13,16). The highest BCUT2D eigenvalue weighted by molar-refractivity contribution is 5.99. The summed E-state index contributed by atoms with van der Waals surface area (Å²) in [5, 5.41) is 13.0. The zero-order valence-corrected chi connectivity index (χ0v) is 11.2. The first-order chi connectivity index (χ1) is 9.88. The van der Waals surface area contributed by atoms with Crippen molar-refractivity contribution in [2.75, 3.05) is 20.8 Å². The van der Waals surface area contributed by atoms with Crippen LogP contribution in [0, 0.1) is 10.1 Å². The number of ether oxygens (including phenoxy) is 2. The van der Waals surface area contributed by atoms with Gasteiger partial charge in [0, 0.05) is 17.7 Å². The van der Waals surface area contributed by atoms with E-state index < -0.39 is 35.0 Å². The van der Waals surface area contributed by atoms with Crippen LogP contribution in [0.25, 0.3) is 0 Å². The average Bonchev–Trinajstić information content (AvgIpc) is 2.50. The lowest BCUT2D eigenvalue weighted by molar-refractivity contribution is -0.384. The van der Waals surface area contributed by atoms with Crippen LogP contribution in [0.3, 0.4) is 0 Å². The lowest BCUT2D eigenvalue weighted by Gasteiger charge is -2.06. The number of nitro benzene ring substituents is 1. The molecule has 9 nitrogen and oxygen atoms in total. The number of methoxy groups -OCH3 is 2. The van der Waals surface area contributed by atoms with Gasteiger partial charge in [0.15, 0.2) is 0 Å². The van der Waals surface area contributed by atoms with Crippen molar-refractivity contribution in [1.29, 1.82) is 0 Å². The molecule has 0 saturated heterocycles. The Hall–Kier alpha value is -2.97. The van der Waals surface area contributed by atoms with Crippen LogP contribution in [0.4, 0.5) is 5.69 Å². The lowest BCUT2D eigenvalue weighted by Crippen LogP contribution is -2.30. The Morgan fingerprint density at radius 3 is 2.29 bits per heavy atom. The number of carbonyl (C=O) groups is 3. The summed E-state index contributed by atoms with van der Waals surface area (Å²) in [7, 11) is 2.26. The van der Waals surface area contributed by atoms with E-state index >= 15 is 0 Å². The normalized spacial score (nSPS) is 9.62. The van der Waals surface area contributed by atoms with Crippen molar-refractivity contribution in [3.63, 3.8) is 0 Å². The molecule has 0 atom stereocenters. The van der Waals surface area contributed by atoms with Gasteiger partial charge in [-0.1, -0.05) is 0 Å². The van der Waals surface area contributed by atoms with Gasteiger partial charge in [0.05, 0.1) is 24.7 Å². The summed E-state index contributed by atoms with van der Waals surface area (Å²) in [5.74, 6) is -2.25. The van der Waals surface area contributed by atoms with E-state index in [0.717, 1.165) is 32.4 Å². The number of nitrogens with zero attached hydrogens (tertiary/aromatic N) is 1. The zero-order chi connectivity index (χ0) is 16.0. The summed E-state index contributed by atoms with van der Waals surface area (Å²) >= 11 is 0. The molecule has 0 bridgehead atoms. The van der Waals surface area contributed by atoms with Crippen molar-refractivity contribution in [1.82, 2.24) is 5.32 Å². The molecular formula is C12H12N2O7. The molecule has 21 heavy (non-hydrogen) atoms. The van der Waals surface area contributed by atoms with Crippen LogP contribution >= 0.6 is 0 Å². The van der Waals surface area contributed by atoms with E-state index in [2.05, 4.69) is 14.8 Å². The van der Waals surface area contributed by atoms with Gasteiger partial charge in [0.25, 0.3) is 11.6 Å². The Kier molecular flexibility index (Phi) is 5.35. The van der Waals surface area contributed by atoms with Gasteiger partial charge in [0.2, 0.25) is 0 Å². The molecule has 0 fully saturated rings. The zero-order valence-electron chi connectivity index (χ0n) is 11.2. The molecule has 0 aliphatic rings. The summed E-state index contributed by atoms with van der Waals surface area (Å²) in [6.07, 6.45) is 0. The number of amides is 1. The first-order valence-corrected chi connectivity index (χ1v) is 5.62. The fourth-order valence-electron chi connectivity index (χ4n) is 1.41. The highest BCUT2D eigenvalue weighted by Gasteiger charge is 2.18. The van der Waals surface area contributed by atoms with Crippen molar-refractivity contribution in [3.8, 4) is 0 Å². The van der Waals surface area contributed by atoms with Crippen LogP contribution in [0.2, 0.25) is 0 Å². The molecule has 0 radical (unpaired) electrons. The maximum Gasteiger partial charge on any atom is 0.338 e. The molecule has 0 aliphatic carbocycles. The van der Waals surface area contributed by atoms with Crippen molar-refractivity contribution < 1.29 is 28.8 Å². The quantitative estimate of drug-likeness (QED) is 0.470. The minimum Gasteiger partial charge on any atom is -0.468 e. The number of hydrogen-bond donors (Lipinski definition) is 1. The number of esters is 2. The van der Waals surface area contributed by atoms with Crippen LogP contribution in [0.5, 0.6) is 0 Å². The fourth-order valence-corrected chi connectivity index (χ4v) is 1.41. The van der Waals surface area contributed by atoms with Gasteiger partial charge in [-0.25, -0.2) is 4.79 Å². The second kappa shape index (κ2) is 6.98. The van der Waals surface area contributed by atoms with E-state index in [1.54, 1.807) is 0 Å². The van der Waals surface area contributed by atoms with E-state index in [0.29, 0.717) is 0 Å². The summed E-state index contributed by atoms with van der Waals surface area (Å²) in [6.45, 7) is -0.397. The van der Waals surface area contributed by atoms with Gasteiger partial charge < -0.3 is 14.8 Å². The van der Waals surface area contributed by atoms with Gasteiger partial charge in [0.1, 0.15) is 6.54 Å². The Balaban J connectivity index is 3.07. The van der Waals surface area contributed by atoms with Crippen molar-refractivity contribution in [2.45, 2.75) is 0 Å². The molecule has 1 amide bonds. The molecule has 9 heteroatoms. The molecule has 0 unspecified atom stereocenters. The van der Waals surface area contributed by atoms with E-state index in [1.807, 2.05) is 0 Å². The predicted molar refractivity (Wildman–Crippen MR) is 68.8 cm³/mol. The van der Waals surface area contributed by atoms with E-state index in [1.165, 1.54) is 0 Å². The molecule has 112 valence electrons. The molecular weight excluding hydrogens is 284 g/mol. The molecule has 1 aromatic rings. The number of nitro groups is 1. The van der Waals surface area contributed by atoms with E-state index in [4.69, 9.17) is 0 Å². The summed E-state index contributed by atoms with van der Waals surface area (Å²) < 4.78 is 8.80. The van der Waals surface area contributed by atoms with Gasteiger partial charge in [-0.05, 0) is 6.07 Å². The summed E-state index contributed by atoms with van der Waals surface area (Å²) in [5.41, 5.74) is -0.732. The average molecular weight is 296 g/mol. The molecule has 1 aromatic carbocycles. The SMILES string of the molecule is COC(=O)CNC(=O)c1cc(C(=O)OC)cc([N+](=O)[O-])c1. The Bertz CT molecular complexity index is 597. The molecule has 1 N–H and O–H groups in total. The third kappa shape index (κ3) is 4.27. The smallest absolute Gasteiger partial charge is 0.338 e. The van der Waals surface area contributed by atoms with Crippen LogP contribution in [0.1, 0.15) is 20.7 Å². The maximum absolute atomic E-state index is 11.8. The molecule has 0 aliphatic heterocycles. The largest absolute Gasteiger partial charge is 0.468 e.